The Hall–Kier alpha value is -0.910. The summed E-state index contributed by atoms with van der Waals surface area (Å²) in [5.41, 5.74) is -0.824. The molecule has 21 heavy (non-hydrogen) atoms. The summed E-state index contributed by atoms with van der Waals surface area (Å²) in [6.07, 6.45) is 4.11. The van der Waals surface area contributed by atoms with E-state index in [0.29, 0.717) is 13.2 Å². The lowest BCUT2D eigenvalue weighted by Gasteiger charge is -2.31. The van der Waals surface area contributed by atoms with E-state index in [4.69, 9.17) is 9.47 Å². The molecule has 0 aromatic carbocycles. The first kappa shape index (κ1) is 16.5. The van der Waals surface area contributed by atoms with Crippen molar-refractivity contribution in [3.8, 4) is 0 Å². The quantitative estimate of drug-likeness (QED) is 0.842. The number of nitrogens with one attached hydrogen (secondary N) is 1. The van der Waals surface area contributed by atoms with Gasteiger partial charge < -0.3 is 14.8 Å². The number of carbonyl (C=O) groups is 1. The summed E-state index contributed by atoms with van der Waals surface area (Å²) in [5.74, 6) is 0.127. The third-order valence-electron chi connectivity index (χ3n) is 4.45. The highest BCUT2D eigenvalue weighted by atomic mass is 32.1. The summed E-state index contributed by atoms with van der Waals surface area (Å²) < 4.78 is 10.7. The van der Waals surface area contributed by atoms with Crippen LogP contribution >= 0.6 is 11.3 Å². The molecular weight excluding hydrogens is 286 g/mol. The molecule has 1 aliphatic carbocycles. The largest absolute Gasteiger partial charge is 0.382 e. The molecule has 0 unspecified atom stereocenters. The Balaban J connectivity index is 2.07. The molecule has 1 N–H and O–H groups in total. The van der Waals surface area contributed by atoms with Crippen LogP contribution in [-0.2, 0) is 19.7 Å². The molecule has 1 fully saturated rings. The minimum absolute atomic E-state index is 0.127. The van der Waals surface area contributed by atoms with Gasteiger partial charge in [0.15, 0.2) is 0 Å². The van der Waals surface area contributed by atoms with Gasteiger partial charge in [0.2, 0.25) is 5.91 Å². The summed E-state index contributed by atoms with van der Waals surface area (Å²) in [5, 5.41) is 5.14. The Morgan fingerprint density at radius 1 is 1.43 bits per heavy atom. The molecule has 1 saturated carbocycles. The molecule has 1 aromatic heterocycles. The zero-order valence-corrected chi connectivity index (χ0v) is 13.9. The summed E-state index contributed by atoms with van der Waals surface area (Å²) in [6, 6.07) is 4.11. The van der Waals surface area contributed by atoms with Crippen LogP contribution in [-0.4, -0.2) is 38.9 Å². The zero-order valence-electron chi connectivity index (χ0n) is 13.1. The van der Waals surface area contributed by atoms with Crippen LogP contribution in [0.5, 0.6) is 0 Å². The van der Waals surface area contributed by atoms with E-state index < -0.39 is 5.60 Å². The lowest BCUT2D eigenvalue weighted by molar-refractivity contribution is -0.128. The maximum absolute atomic E-state index is 12.8. The average Bonchev–Trinajstić information content (AvgIpc) is 3.16. The van der Waals surface area contributed by atoms with Crippen molar-refractivity contribution < 1.29 is 14.3 Å². The molecule has 4 nitrogen and oxygen atoms in total. The van der Waals surface area contributed by atoms with Crippen molar-refractivity contribution in [1.29, 1.82) is 0 Å². The first-order valence-corrected chi connectivity index (χ1v) is 8.31. The number of ether oxygens (including phenoxy) is 2. The molecule has 0 aliphatic heterocycles. The van der Waals surface area contributed by atoms with Crippen molar-refractivity contribution in [1.82, 2.24) is 5.32 Å². The third kappa shape index (κ3) is 3.47. The fourth-order valence-corrected chi connectivity index (χ4v) is 4.02. The average molecular weight is 311 g/mol. The second-order valence-electron chi connectivity index (χ2n) is 6.04. The van der Waals surface area contributed by atoms with Gasteiger partial charge in [0.25, 0.3) is 0 Å². The smallest absolute Gasteiger partial charge is 0.231 e. The Morgan fingerprint density at radius 3 is 2.67 bits per heavy atom. The molecule has 118 valence electrons. The van der Waals surface area contributed by atoms with Crippen molar-refractivity contribution >= 4 is 17.2 Å². The molecule has 0 spiro atoms. The normalized spacial score (nSPS) is 20.1. The molecule has 5 heteroatoms. The van der Waals surface area contributed by atoms with Crippen LogP contribution < -0.4 is 5.32 Å². The van der Waals surface area contributed by atoms with Crippen LogP contribution in [0, 0.1) is 0 Å². The summed E-state index contributed by atoms with van der Waals surface area (Å²) in [4.78, 5) is 14.0. The van der Waals surface area contributed by atoms with Gasteiger partial charge in [0, 0.05) is 25.6 Å². The van der Waals surface area contributed by atoms with E-state index in [0.717, 1.165) is 25.7 Å². The Labute approximate surface area is 130 Å². The first-order chi connectivity index (χ1) is 10.1. The molecule has 1 aromatic rings. The van der Waals surface area contributed by atoms with Crippen molar-refractivity contribution in [2.75, 3.05) is 27.4 Å². The van der Waals surface area contributed by atoms with Gasteiger partial charge in [0.1, 0.15) is 5.60 Å². The molecule has 1 heterocycles. The highest BCUT2D eigenvalue weighted by Gasteiger charge is 2.44. The fraction of sp³-hybridized carbons (Fsp3) is 0.688. The molecule has 2 rings (SSSR count). The molecule has 1 aliphatic rings. The van der Waals surface area contributed by atoms with Crippen molar-refractivity contribution in [2.24, 2.45) is 0 Å². The van der Waals surface area contributed by atoms with Gasteiger partial charge in [0.05, 0.1) is 12.0 Å². The SMILES string of the molecule is COC[C@](C)(CNC(=O)C1(c2cccs2)CCCC1)OC. The lowest BCUT2D eigenvalue weighted by Crippen LogP contribution is -2.50. The number of rotatable bonds is 7. The van der Waals surface area contributed by atoms with Crippen molar-refractivity contribution in [3.05, 3.63) is 22.4 Å². The van der Waals surface area contributed by atoms with Gasteiger partial charge in [-0.15, -0.1) is 11.3 Å². The third-order valence-corrected chi connectivity index (χ3v) is 5.52. The summed E-state index contributed by atoms with van der Waals surface area (Å²) in [7, 11) is 3.29. The topological polar surface area (TPSA) is 47.6 Å². The van der Waals surface area contributed by atoms with E-state index in [1.54, 1.807) is 25.6 Å². The van der Waals surface area contributed by atoms with Gasteiger partial charge in [-0.1, -0.05) is 18.9 Å². The van der Waals surface area contributed by atoms with Gasteiger partial charge >= 0.3 is 0 Å². The molecule has 0 radical (unpaired) electrons. The number of methoxy groups -OCH3 is 2. The van der Waals surface area contributed by atoms with E-state index >= 15 is 0 Å². The van der Waals surface area contributed by atoms with Crippen LogP contribution in [0.3, 0.4) is 0 Å². The van der Waals surface area contributed by atoms with E-state index in [-0.39, 0.29) is 11.3 Å². The predicted molar refractivity (Wildman–Crippen MR) is 84.8 cm³/mol. The van der Waals surface area contributed by atoms with Gasteiger partial charge in [-0.3, -0.25) is 4.79 Å². The molecular formula is C16H25NO3S. The first-order valence-electron chi connectivity index (χ1n) is 7.43. The standard InChI is InChI=1S/C16H25NO3S/c1-15(20-3,12-19-2)11-17-14(18)16(8-4-5-9-16)13-7-6-10-21-13/h6-7,10H,4-5,8-9,11-12H2,1-3H3,(H,17,18)/t15-/m0/s1. The number of carbonyl (C=O) groups excluding carboxylic acids is 1. The second-order valence-corrected chi connectivity index (χ2v) is 6.98. The van der Waals surface area contributed by atoms with Crippen molar-refractivity contribution in [3.63, 3.8) is 0 Å². The van der Waals surface area contributed by atoms with E-state index in [1.165, 1.54) is 4.88 Å². The fourth-order valence-electron chi connectivity index (χ4n) is 3.04. The molecule has 0 bridgehead atoms. The van der Waals surface area contributed by atoms with E-state index in [1.807, 2.05) is 18.4 Å². The van der Waals surface area contributed by atoms with Crippen LogP contribution in [0.4, 0.5) is 0 Å². The lowest BCUT2D eigenvalue weighted by atomic mass is 9.83. The monoisotopic (exact) mass is 311 g/mol. The maximum atomic E-state index is 12.8. The molecule has 1 atom stereocenters. The Morgan fingerprint density at radius 2 is 2.14 bits per heavy atom. The number of thiophene rings is 1. The molecule has 1 amide bonds. The number of hydrogen-bond donors (Lipinski definition) is 1. The van der Waals surface area contributed by atoms with Crippen LogP contribution in [0.25, 0.3) is 0 Å². The Kier molecular flexibility index (Phi) is 5.41. The summed E-state index contributed by atoms with van der Waals surface area (Å²) >= 11 is 1.68. The molecule has 0 saturated heterocycles. The minimum Gasteiger partial charge on any atom is -0.382 e. The van der Waals surface area contributed by atoms with Crippen LogP contribution in [0.15, 0.2) is 17.5 Å². The van der Waals surface area contributed by atoms with Crippen molar-refractivity contribution in [2.45, 2.75) is 43.6 Å². The second kappa shape index (κ2) is 6.90. The summed E-state index contributed by atoms with van der Waals surface area (Å²) in [6.45, 7) is 2.86. The number of hydrogen-bond acceptors (Lipinski definition) is 4. The van der Waals surface area contributed by atoms with Gasteiger partial charge in [-0.2, -0.15) is 0 Å². The predicted octanol–water partition coefficient (Wildman–Crippen LogP) is 2.73. The maximum Gasteiger partial charge on any atom is 0.231 e. The van der Waals surface area contributed by atoms with E-state index in [9.17, 15) is 4.79 Å². The Bertz CT molecular complexity index is 454. The zero-order chi connectivity index (χ0) is 15.3. The number of amides is 1. The highest BCUT2D eigenvalue weighted by molar-refractivity contribution is 7.10. The van der Waals surface area contributed by atoms with Crippen LogP contribution in [0.2, 0.25) is 0 Å². The van der Waals surface area contributed by atoms with Crippen LogP contribution in [0.1, 0.15) is 37.5 Å². The van der Waals surface area contributed by atoms with Gasteiger partial charge in [-0.25, -0.2) is 0 Å². The van der Waals surface area contributed by atoms with E-state index in [2.05, 4.69) is 11.4 Å². The van der Waals surface area contributed by atoms with Gasteiger partial charge in [-0.05, 0) is 31.2 Å². The minimum atomic E-state index is -0.486. The highest BCUT2D eigenvalue weighted by Crippen LogP contribution is 2.43.